The van der Waals surface area contributed by atoms with Crippen molar-refractivity contribution in [3.8, 4) is 11.6 Å². The Labute approximate surface area is 114 Å². The van der Waals surface area contributed by atoms with Crippen LogP contribution in [0.1, 0.15) is 5.82 Å². The SMILES string of the molecule is Cc1nc(Br)cc(Oc2cc(F)cc(Br)c2)n1. The molecular weight excluding hydrogens is 355 g/mol. The fraction of sp³-hybridized carbons (Fsp3) is 0.0909. The molecule has 1 heterocycles. The van der Waals surface area contributed by atoms with Crippen molar-refractivity contribution in [1.82, 2.24) is 9.97 Å². The number of aromatic nitrogens is 2. The summed E-state index contributed by atoms with van der Waals surface area (Å²) in [6, 6.07) is 5.92. The molecule has 0 spiro atoms. The molecule has 17 heavy (non-hydrogen) atoms. The summed E-state index contributed by atoms with van der Waals surface area (Å²) in [4.78, 5) is 8.14. The number of benzene rings is 1. The minimum absolute atomic E-state index is 0.363. The summed E-state index contributed by atoms with van der Waals surface area (Å²) in [7, 11) is 0. The second kappa shape index (κ2) is 5.10. The van der Waals surface area contributed by atoms with Gasteiger partial charge in [-0.1, -0.05) is 15.9 Å². The largest absolute Gasteiger partial charge is 0.439 e. The molecule has 3 nitrogen and oxygen atoms in total. The van der Waals surface area contributed by atoms with Gasteiger partial charge in [-0.05, 0) is 35.0 Å². The van der Waals surface area contributed by atoms with Crippen LogP contribution in [0.25, 0.3) is 0 Å². The number of aryl methyl sites for hydroxylation is 1. The van der Waals surface area contributed by atoms with Crippen molar-refractivity contribution in [2.45, 2.75) is 6.92 Å². The molecule has 0 radical (unpaired) electrons. The first-order valence-electron chi connectivity index (χ1n) is 4.68. The molecule has 0 atom stereocenters. The molecule has 88 valence electrons. The highest BCUT2D eigenvalue weighted by atomic mass is 79.9. The van der Waals surface area contributed by atoms with Crippen molar-refractivity contribution in [3.63, 3.8) is 0 Å². The molecule has 1 aromatic heterocycles. The molecule has 2 rings (SSSR count). The third-order valence-electron chi connectivity index (χ3n) is 1.84. The predicted octanol–water partition coefficient (Wildman–Crippen LogP) is 4.24. The van der Waals surface area contributed by atoms with E-state index >= 15 is 0 Å². The third kappa shape index (κ3) is 3.47. The van der Waals surface area contributed by atoms with Crippen molar-refractivity contribution in [2.75, 3.05) is 0 Å². The van der Waals surface area contributed by atoms with E-state index in [1.807, 2.05) is 0 Å². The standard InChI is InChI=1S/C11H7Br2FN2O/c1-6-15-10(13)5-11(16-6)17-9-3-7(12)2-8(14)4-9/h2-5H,1H3. The predicted molar refractivity (Wildman–Crippen MR) is 68.6 cm³/mol. The maximum atomic E-state index is 13.1. The Morgan fingerprint density at radius 3 is 2.53 bits per heavy atom. The van der Waals surface area contributed by atoms with E-state index < -0.39 is 0 Å². The van der Waals surface area contributed by atoms with E-state index in [0.717, 1.165) is 0 Å². The van der Waals surface area contributed by atoms with E-state index in [1.165, 1.54) is 12.1 Å². The molecule has 0 amide bonds. The molecule has 0 aliphatic rings. The molecule has 0 aliphatic heterocycles. The Bertz CT molecular complexity index is 473. The zero-order valence-corrected chi connectivity index (χ0v) is 11.9. The molecular formula is C11H7Br2FN2O. The summed E-state index contributed by atoms with van der Waals surface area (Å²) >= 11 is 6.43. The van der Waals surface area contributed by atoms with E-state index in [9.17, 15) is 4.39 Å². The number of halogens is 3. The van der Waals surface area contributed by atoms with E-state index in [1.54, 1.807) is 19.1 Å². The quantitative estimate of drug-likeness (QED) is 0.750. The first-order valence-corrected chi connectivity index (χ1v) is 6.27. The number of nitrogens with zero attached hydrogens (tertiary/aromatic N) is 2. The van der Waals surface area contributed by atoms with Crippen LogP contribution in [0.3, 0.4) is 0 Å². The minimum atomic E-state index is -0.376. The van der Waals surface area contributed by atoms with Gasteiger partial charge in [0.15, 0.2) is 0 Å². The topological polar surface area (TPSA) is 35.0 Å². The highest BCUT2D eigenvalue weighted by Gasteiger charge is 2.05. The molecule has 6 heteroatoms. The highest BCUT2D eigenvalue weighted by molar-refractivity contribution is 9.10. The van der Waals surface area contributed by atoms with Crippen LogP contribution in [0, 0.1) is 12.7 Å². The van der Waals surface area contributed by atoms with Gasteiger partial charge in [0.1, 0.15) is 22.0 Å². The zero-order valence-electron chi connectivity index (χ0n) is 8.75. The maximum Gasteiger partial charge on any atom is 0.223 e. The van der Waals surface area contributed by atoms with Crippen LogP contribution in [0.4, 0.5) is 4.39 Å². The highest BCUT2D eigenvalue weighted by Crippen LogP contribution is 2.25. The summed E-state index contributed by atoms with van der Waals surface area (Å²) in [5, 5.41) is 0. The lowest BCUT2D eigenvalue weighted by Crippen LogP contribution is -1.93. The van der Waals surface area contributed by atoms with Crippen LogP contribution in [0.15, 0.2) is 33.3 Å². The smallest absolute Gasteiger partial charge is 0.223 e. The molecule has 1 aromatic carbocycles. The second-order valence-corrected chi connectivity index (χ2v) is 5.01. The minimum Gasteiger partial charge on any atom is -0.439 e. The van der Waals surface area contributed by atoms with Gasteiger partial charge in [-0.3, -0.25) is 0 Å². The lowest BCUT2D eigenvalue weighted by molar-refractivity contribution is 0.454. The van der Waals surface area contributed by atoms with Crippen LogP contribution in [-0.2, 0) is 0 Å². The fourth-order valence-corrected chi connectivity index (χ4v) is 2.16. The van der Waals surface area contributed by atoms with Crippen LogP contribution < -0.4 is 4.74 Å². The van der Waals surface area contributed by atoms with Crippen molar-refractivity contribution in [2.24, 2.45) is 0 Å². The Hall–Kier alpha value is -1.01. The fourth-order valence-electron chi connectivity index (χ4n) is 1.27. The average molecular weight is 362 g/mol. The molecule has 0 saturated heterocycles. The molecule has 0 N–H and O–H groups in total. The van der Waals surface area contributed by atoms with Gasteiger partial charge in [0.05, 0.1) is 0 Å². The van der Waals surface area contributed by atoms with Gasteiger partial charge in [0.2, 0.25) is 5.88 Å². The van der Waals surface area contributed by atoms with Gasteiger partial charge in [0, 0.05) is 16.6 Å². The third-order valence-corrected chi connectivity index (χ3v) is 2.71. The van der Waals surface area contributed by atoms with E-state index in [4.69, 9.17) is 4.74 Å². The molecule has 0 bridgehead atoms. The average Bonchev–Trinajstić information content (AvgIpc) is 2.13. The maximum absolute atomic E-state index is 13.1. The lowest BCUT2D eigenvalue weighted by atomic mass is 10.3. The van der Waals surface area contributed by atoms with Gasteiger partial charge < -0.3 is 4.74 Å². The Morgan fingerprint density at radius 1 is 1.12 bits per heavy atom. The van der Waals surface area contributed by atoms with E-state index in [2.05, 4.69) is 41.8 Å². The van der Waals surface area contributed by atoms with Gasteiger partial charge in [0.25, 0.3) is 0 Å². The van der Waals surface area contributed by atoms with Crippen molar-refractivity contribution >= 4 is 31.9 Å². The molecule has 0 unspecified atom stereocenters. The second-order valence-electron chi connectivity index (χ2n) is 3.28. The van der Waals surface area contributed by atoms with Gasteiger partial charge >= 0.3 is 0 Å². The lowest BCUT2D eigenvalue weighted by Gasteiger charge is -2.06. The van der Waals surface area contributed by atoms with Crippen molar-refractivity contribution < 1.29 is 9.13 Å². The molecule has 0 saturated carbocycles. The summed E-state index contributed by atoms with van der Waals surface area (Å²) in [6.07, 6.45) is 0. The summed E-state index contributed by atoms with van der Waals surface area (Å²) < 4.78 is 19.8. The van der Waals surface area contributed by atoms with Crippen molar-refractivity contribution in [1.29, 1.82) is 0 Å². The Morgan fingerprint density at radius 2 is 1.88 bits per heavy atom. The Kier molecular flexibility index (Phi) is 3.73. The first kappa shape index (κ1) is 12.4. The van der Waals surface area contributed by atoms with Gasteiger partial charge in [-0.25, -0.2) is 9.37 Å². The normalized spacial score (nSPS) is 10.4. The first-order chi connectivity index (χ1) is 8.02. The molecule has 2 aromatic rings. The van der Waals surface area contributed by atoms with Crippen LogP contribution in [0.2, 0.25) is 0 Å². The van der Waals surface area contributed by atoms with Gasteiger partial charge in [-0.2, -0.15) is 4.98 Å². The number of hydrogen-bond donors (Lipinski definition) is 0. The number of rotatable bonds is 2. The Balaban J connectivity index is 2.31. The molecule has 0 aliphatic carbocycles. The van der Waals surface area contributed by atoms with E-state index in [-0.39, 0.29) is 5.82 Å². The zero-order chi connectivity index (χ0) is 12.4. The molecule has 0 fully saturated rings. The summed E-state index contributed by atoms with van der Waals surface area (Å²) in [6.45, 7) is 1.75. The summed E-state index contributed by atoms with van der Waals surface area (Å²) in [5.74, 6) is 0.938. The summed E-state index contributed by atoms with van der Waals surface area (Å²) in [5.41, 5.74) is 0. The monoisotopic (exact) mass is 360 g/mol. The van der Waals surface area contributed by atoms with Crippen LogP contribution in [-0.4, -0.2) is 9.97 Å². The number of ether oxygens (including phenoxy) is 1. The van der Waals surface area contributed by atoms with Crippen molar-refractivity contribution in [3.05, 3.63) is 45.0 Å². The van der Waals surface area contributed by atoms with Gasteiger partial charge in [-0.15, -0.1) is 0 Å². The number of hydrogen-bond acceptors (Lipinski definition) is 3. The van der Waals surface area contributed by atoms with E-state index in [0.29, 0.717) is 26.5 Å². The van der Waals surface area contributed by atoms with Crippen LogP contribution >= 0.6 is 31.9 Å². The van der Waals surface area contributed by atoms with Crippen LogP contribution in [0.5, 0.6) is 11.6 Å².